The maximum absolute atomic E-state index is 12.3. The Morgan fingerprint density at radius 3 is 2.18 bits per heavy atom. The molecular weight excluding hydrogens is 258 g/mol. The molecule has 0 unspecified atom stereocenters. The second kappa shape index (κ2) is 5.85. The molecule has 1 rings (SSSR count). The Labute approximate surface area is 108 Å². The van der Waals surface area contributed by atoms with Crippen LogP contribution in [0.25, 0.3) is 0 Å². The lowest BCUT2D eigenvalue weighted by molar-refractivity contribution is 0.370. The summed E-state index contributed by atoms with van der Waals surface area (Å²) in [7, 11) is -3.43. The highest BCUT2D eigenvalue weighted by Crippen LogP contribution is 2.18. The molecule has 0 saturated carbocycles. The molecule has 0 fully saturated rings. The second-order valence-corrected chi connectivity index (χ2v) is 6.48. The zero-order valence-electron chi connectivity index (χ0n) is 10.4. The first kappa shape index (κ1) is 14.5. The number of nitrogens with zero attached hydrogens (tertiary/aromatic N) is 1. The van der Waals surface area contributed by atoms with Gasteiger partial charge in [0.2, 0.25) is 10.0 Å². The maximum Gasteiger partial charge on any atom is 0.243 e. The maximum atomic E-state index is 12.3. The van der Waals surface area contributed by atoms with Crippen molar-refractivity contribution in [2.24, 2.45) is 0 Å². The molecule has 0 aliphatic carbocycles. The third-order valence-electron chi connectivity index (χ3n) is 2.51. The summed E-state index contributed by atoms with van der Waals surface area (Å²) in [5, 5.41) is 0. The van der Waals surface area contributed by atoms with Crippen LogP contribution in [0, 0.1) is 6.92 Å². The van der Waals surface area contributed by atoms with Crippen LogP contribution in [0.15, 0.2) is 29.2 Å². The van der Waals surface area contributed by atoms with Crippen LogP contribution in [0.1, 0.15) is 19.4 Å². The second-order valence-electron chi connectivity index (χ2n) is 4.21. The van der Waals surface area contributed by atoms with Crippen LogP contribution in [-0.2, 0) is 10.0 Å². The van der Waals surface area contributed by atoms with Gasteiger partial charge < -0.3 is 0 Å². The lowest BCUT2D eigenvalue weighted by atomic mass is 10.2. The minimum absolute atomic E-state index is 0.0972. The van der Waals surface area contributed by atoms with Gasteiger partial charge in [0.25, 0.3) is 0 Å². The lowest BCUT2D eigenvalue weighted by Gasteiger charge is -2.25. The fraction of sp³-hybridized carbons (Fsp3) is 0.500. The summed E-state index contributed by atoms with van der Waals surface area (Å²) < 4.78 is 26.1. The minimum atomic E-state index is -3.43. The third kappa shape index (κ3) is 3.44. The van der Waals surface area contributed by atoms with Gasteiger partial charge in [-0.1, -0.05) is 17.7 Å². The molecule has 1 aromatic carbocycles. The SMILES string of the molecule is Cc1ccc(S(=O)(=O)N(CCCl)C(C)C)cc1. The van der Waals surface area contributed by atoms with E-state index in [1.54, 1.807) is 24.3 Å². The summed E-state index contributed by atoms with van der Waals surface area (Å²) in [4.78, 5) is 0.321. The monoisotopic (exact) mass is 275 g/mol. The van der Waals surface area contributed by atoms with Crippen LogP contribution in [0.5, 0.6) is 0 Å². The summed E-state index contributed by atoms with van der Waals surface area (Å²) >= 11 is 5.65. The Morgan fingerprint density at radius 2 is 1.76 bits per heavy atom. The predicted molar refractivity (Wildman–Crippen MR) is 70.9 cm³/mol. The number of hydrogen-bond donors (Lipinski definition) is 0. The van der Waals surface area contributed by atoms with Crippen molar-refractivity contribution in [2.45, 2.75) is 31.7 Å². The summed E-state index contributed by atoms with van der Waals surface area (Å²) in [6.45, 7) is 5.95. The fourth-order valence-electron chi connectivity index (χ4n) is 1.58. The third-order valence-corrected chi connectivity index (χ3v) is 4.77. The van der Waals surface area contributed by atoms with Crippen molar-refractivity contribution in [3.8, 4) is 0 Å². The Kier molecular flexibility index (Phi) is 4.98. The van der Waals surface area contributed by atoms with E-state index in [0.29, 0.717) is 17.3 Å². The number of aryl methyl sites for hydroxylation is 1. The van der Waals surface area contributed by atoms with E-state index in [1.807, 2.05) is 20.8 Å². The quantitative estimate of drug-likeness (QED) is 0.775. The van der Waals surface area contributed by atoms with Gasteiger partial charge in [-0.25, -0.2) is 8.42 Å². The van der Waals surface area contributed by atoms with Gasteiger partial charge in [-0.15, -0.1) is 11.6 Å². The Balaban J connectivity index is 3.12. The van der Waals surface area contributed by atoms with Crippen LogP contribution in [0.2, 0.25) is 0 Å². The van der Waals surface area contributed by atoms with Crippen LogP contribution in [0.3, 0.4) is 0 Å². The van der Waals surface area contributed by atoms with Gasteiger partial charge in [0.05, 0.1) is 4.90 Å². The molecule has 17 heavy (non-hydrogen) atoms. The molecule has 0 bridgehead atoms. The molecule has 0 aromatic heterocycles. The van der Waals surface area contributed by atoms with Crippen molar-refractivity contribution in [3.05, 3.63) is 29.8 Å². The molecule has 0 atom stereocenters. The zero-order chi connectivity index (χ0) is 13.1. The van der Waals surface area contributed by atoms with E-state index in [2.05, 4.69) is 0 Å². The van der Waals surface area contributed by atoms with Gasteiger partial charge in [0.1, 0.15) is 0 Å². The van der Waals surface area contributed by atoms with Gasteiger partial charge in [0.15, 0.2) is 0 Å². The molecule has 0 aliphatic rings. The summed E-state index contributed by atoms with van der Waals surface area (Å²) in [5.74, 6) is 0.295. The van der Waals surface area contributed by atoms with Gasteiger partial charge in [-0.2, -0.15) is 4.31 Å². The average molecular weight is 276 g/mol. The van der Waals surface area contributed by atoms with E-state index in [9.17, 15) is 8.42 Å². The van der Waals surface area contributed by atoms with E-state index in [1.165, 1.54) is 4.31 Å². The zero-order valence-corrected chi connectivity index (χ0v) is 11.9. The molecule has 0 radical (unpaired) electrons. The van der Waals surface area contributed by atoms with Crippen molar-refractivity contribution in [1.82, 2.24) is 4.31 Å². The van der Waals surface area contributed by atoms with E-state index in [0.717, 1.165) is 5.56 Å². The topological polar surface area (TPSA) is 37.4 Å². The molecule has 5 heteroatoms. The highest BCUT2D eigenvalue weighted by molar-refractivity contribution is 7.89. The largest absolute Gasteiger partial charge is 0.243 e. The lowest BCUT2D eigenvalue weighted by Crippen LogP contribution is -2.38. The van der Waals surface area contributed by atoms with Crippen molar-refractivity contribution in [1.29, 1.82) is 0 Å². The smallest absolute Gasteiger partial charge is 0.207 e. The number of alkyl halides is 1. The van der Waals surface area contributed by atoms with E-state index >= 15 is 0 Å². The number of sulfonamides is 1. The molecule has 0 heterocycles. The van der Waals surface area contributed by atoms with Crippen molar-refractivity contribution >= 4 is 21.6 Å². The van der Waals surface area contributed by atoms with Crippen LogP contribution in [-0.4, -0.2) is 31.2 Å². The van der Waals surface area contributed by atoms with Crippen molar-refractivity contribution < 1.29 is 8.42 Å². The summed E-state index contributed by atoms with van der Waals surface area (Å²) in [5.41, 5.74) is 1.04. The number of hydrogen-bond acceptors (Lipinski definition) is 2. The summed E-state index contributed by atoms with van der Waals surface area (Å²) in [6, 6.07) is 6.76. The van der Waals surface area contributed by atoms with E-state index < -0.39 is 10.0 Å². The van der Waals surface area contributed by atoms with Crippen LogP contribution in [0.4, 0.5) is 0 Å². The first-order valence-electron chi connectivity index (χ1n) is 5.54. The minimum Gasteiger partial charge on any atom is -0.207 e. The average Bonchev–Trinajstić information content (AvgIpc) is 2.25. The fourth-order valence-corrected chi connectivity index (χ4v) is 3.50. The molecule has 0 N–H and O–H groups in total. The number of rotatable bonds is 5. The molecule has 0 amide bonds. The van der Waals surface area contributed by atoms with Crippen LogP contribution < -0.4 is 0 Å². The molecular formula is C12H18ClNO2S. The normalized spacial score (nSPS) is 12.4. The highest BCUT2D eigenvalue weighted by atomic mass is 35.5. The van der Waals surface area contributed by atoms with E-state index in [-0.39, 0.29) is 6.04 Å². The van der Waals surface area contributed by atoms with Gasteiger partial charge in [0, 0.05) is 18.5 Å². The van der Waals surface area contributed by atoms with Crippen molar-refractivity contribution in [3.63, 3.8) is 0 Å². The van der Waals surface area contributed by atoms with Gasteiger partial charge >= 0.3 is 0 Å². The molecule has 3 nitrogen and oxygen atoms in total. The first-order valence-corrected chi connectivity index (χ1v) is 7.51. The predicted octanol–water partition coefficient (Wildman–Crippen LogP) is 2.63. The highest BCUT2D eigenvalue weighted by Gasteiger charge is 2.26. The summed E-state index contributed by atoms with van der Waals surface area (Å²) in [6.07, 6.45) is 0. The van der Waals surface area contributed by atoms with Crippen LogP contribution >= 0.6 is 11.6 Å². The molecule has 0 saturated heterocycles. The van der Waals surface area contributed by atoms with Gasteiger partial charge in [-0.3, -0.25) is 0 Å². The van der Waals surface area contributed by atoms with Crippen molar-refractivity contribution in [2.75, 3.05) is 12.4 Å². The molecule has 1 aromatic rings. The standard InChI is InChI=1S/C12H18ClNO2S/c1-10(2)14(9-8-13)17(15,16)12-6-4-11(3)5-7-12/h4-7,10H,8-9H2,1-3H3. The number of benzene rings is 1. The molecule has 0 spiro atoms. The Bertz CT molecular complexity index is 454. The molecule has 0 aliphatic heterocycles. The first-order chi connectivity index (χ1) is 7.89. The Morgan fingerprint density at radius 1 is 1.24 bits per heavy atom. The number of halogens is 1. The van der Waals surface area contributed by atoms with E-state index in [4.69, 9.17) is 11.6 Å². The van der Waals surface area contributed by atoms with Gasteiger partial charge in [-0.05, 0) is 32.9 Å². The molecule has 96 valence electrons. The Hall–Kier alpha value is -0.580.